The molecule has 3 nitrogen and oxygen atoms in total. The largest absolute Gasteiger partial charge is 0.396 e. The van der Waals surface area contributed by atoms with E-state index in [9.17, 15) is 4.79 Å². The van der Waals surface area contributed by atoms with Crippen molar-refractivity contribution in [3.63, 3.8) is 0 Å². The monoisotopic (exact) mass is 425 g/mol. The lowest BCUT2D eigenvalue weighted by Crippen LogP contribution is -2.30. The molecule has 0 aliphatic carbocycles. The van der Waals surface area contributed by atoms with Crippen LogP contribution in [0.25, 0.3) is 0 Å². The predicted octanol–water partition coefficient (Wildman–Crippen LogP) is 3.19. The van der Waals surface area contributed by atoms with Gasteiger partial charge in [-0.3, -0.25) is 4.79 Å². The van der Waals surface area contributed by atoms with Crippen LogP contribution in [0.1, 0.15) is 30.1 Å². The van der Waals surface area contributed by atoms with Gasteiger partial charge in [0.2, 0.25) is 0 Å². The van der Waals surface area contributed by atoms with Gasteiger partial charge in [0.05, 0.1) is 5.56 Å². The van der Waals surface area contributed by atoms with Crippen molar-refractivity contribution in [3.05, 3.63) is 31.8 Å². The highest BCUT2D eigenvalue weighted by Gasteiger charge is 2.12. The molecule has 1 atom stereocenters. The molecule has 2 N–H and O–H groups in total. The number of carbonyl (C=O) groups excluding carboxylic acids is 1. The second-order valence-corrected chi connectivity index (χ2v) is 6.20. The van der Waals surface area contributed by atoms with Crippen LogP contribution < -0.4 is 5.32 Å². The second-order valence-electron chi connectivity index (χ2n) is 4.12. The quantitative estimate of drug-likeness (QED) is 0.687. The molecule has 0 fully saturated rings. The minimum absolute atomic E-state index is 0.0583. The van der Waals surface area contributed by atoms with Gasteiger partial charge in [0.15, 0.2) is 0 Å². The maximum absolute atomic E-state index is 12.0. The summed E-state index contributed by atoms with van der Waals surface area (Å²) < 4.78 is 1.83. The number of rotatable bonds is 6. The van der Waals surface area contributed by atoms with Crippen molar-refractivity contribution in [1.29, 1.82) is 0 Å². The van der Waals surface area contributed by atoms with Gasteiger partial charge in [-0.2, -0.15) is 0 Å². The summed E-state index contributed by atoms with van der Waals surface area (Å²) in [5.41, 5.74) is 0.684. The number of benzene rings is 1. The Hall–Kier alpha value is -0.140. The van der Waals surface area contributed by atoms with Gasteiger partial charge < -0.3 is 10.4 Å². The summed E-state index contributed by atoms with van der Waals surface area (Å²) in [5, 5.41) is 11.8. The van der Waals surface area contributed by atoms with Crippen LogP contribution in [-0.4, -0.2) is 24.2 Å². The van der Waals surface area contributed by atoms with Gasteiger partial charge in [-0.15, -0.1) is 0 Å². The first-order valence-corrected chi connectivity index (χ1v) is 7.79. The van der Waals surface area contributed by atoms with E-state index in [4.69, 9.17) is 5.11 Å². The molecule has 0 bridgehead atoms. The zero-order chi connectivity index (χ0) is 13.5. The third-order valence-electron chi connectivity index (χ3n) is 2.84. The Morgan fingerprint density at radius 1 is 1.56 bits per heavy atom. The van der Waals surface area contributed by atoms with Crippen LogP contribution in [-0.2, 0) is 0 Å². The molecule has 0 aliphatic rings. The summed E-state index contributed by atoms with van der Waals surface area (Å²) >= 11 is 5.52. The summed E-state index contributed by atoms with van der Waals surface area (Å²) in [7, 11) is 0. The Bertz CT molecular complexity index is 412. The summed E-state index contributed by atoms with van der Waals surface area (Å²) in [6.45, 7) is 2.84. The first-order valence-electron chi connectivity index (χ1n) is 5.92. The number of amides is 1. The summed E-state index contributed by atoms with van der Waals surface area (Å²) in [5.74, 6) is 0.279. The summed E-state index contributed by atoms with van der Waals surface area (Å²) in [6, 6.07) is 5.65. The SMILES string of the molecule is CCC(CCO)CNC(=O)c1cc(Br)ccc1I. The lowest BCUT2D eigenvalue weighted by atomic mass is 10.0. The van der Waals surface area contributed by atoms with E-state index in [1.165, 1.54) is 0 Å². The molecule has 1 rings (SSSR count). The van der Waals surface area contributed by atoms with Gasteiger partial charge in [-0.25, -0.2) is 0 Å². The van der Waals surface area contributed by atoms with Crippen molar-refractivity contribution in [2.24, 2.45) is 5.92 Å². The van der Waals surface area contributed by atoms with Crippen molar-refractivity contribution in [1.82, 2.24) is 5.32 Å². The van der Waals surface area contributed by atoms with E-state index in [1.54, 1.807) is 0 Å². The number of halogens is 2. The fourth-order valence-corrected chi connectivity index (χ4v) is 2.58. The lowest BCUT2D eigenvalue weighted by molar-refractivity contribution is 0.0942. The van der Waals surface area contributed by atoms with Gasteiger partial charge in [0.25, 0.3) is 5.91 Å². The second kappa shape index (κ2) is 8.12. The molecule has 0 heterocycles. The molecule has 0 aromatic heterocycles. The first kappa shape index (κ1) is 15.9. The molecular formula is C13H17BrINO2. The van der Waals surface area contributed by atoms with Crippen LogP contribution in [0.5, 0.6) is 0 Å². The first-order chi connectivity index (χ1) is 8.58. The molecule has 18 heavy (non-hydrogen) atoms. The van der Waals surface area contributed by atoms with E-state index in [1.807, 2.05) is 18.2 Å². The fourth-order valence-electron chi connectivity index (χ4n) is 1.64. The van der Waals surface area contributed by atoms with E-state index in [0.717, 1.165) is 20.9 Å². The minimum Gasteiger partial charge on any atom is -0.396 e. The Balaban J connectivity index is 2.62. The molecule has 0 saturated heterocycles. The van der Waals surface area contributed by atoms with E-state index in [-0.39, 0.29) is 12.5 Å². The van der Waals surface area contributed by atoms with Gasteiger partial charge in [0, 0.05) is 21.2 Å². The molecular weight excluding hydrogens is 409 g/mol. The molecule has 100 valence electrons. The molecule has 1 aromatic rings. The highest BCUT2D eigenvalue weighted by atomic mass is 127. The number of carbonyl (C=O) groups is 1. The van der Waals surface area contributed by atoms with Gasteiger partial charge in [-0.05, 0) is 53.1 Å². The van der Waals surface area contributed by atoms with Gasteiger partial charge in [-0.1, -0.05) is 29.3 Å². The maximum Gasteiger partial charge on any atom is 0.252 e. The highest BCUT2D eigenvalue weighted by molar-refractivity contribution is 14.1. The summed E-state index contributed by atoms with van der Waals surface area (Å²) in [6.07, 6.45) is 1.68. The van der Waals surface area contributed by atoms with Crippen LogP contribution in [0.2, 0.25) is 0 Å². The number of aliphatic hydroxyl groups is 1. The van der Waals surface area contributed by atoms with Crippen LogP contribution in [0.15, 0.2) is 22.7 Å². The van der Waals surface area contributed by atoms with E-state index in [2.05, 4.69) is 50.8 Å². The van der Waals surface area contributed by atoms with Crippen molar-refractivity contribution >= 4 is 44.4 Å². The van der Waals surface area contributed by atoms with Crippen molar-refractivity contribution in [2.75, 3.05) is 13.2 Å². The smallest absolute Gasteiger partial charge is 0.252 e. The Morgan fingerprint density at radius 3 is 2.89 bits per heavy atom. The molecule has 0 spiro atoms. The van der Waals surface area contributed by atoms with Crippen LogP contribution in [0.3, 0.4) is 0 Å². The number of hydrogen-bond donors (Lipinski definition) is 2. The molecule has 5 heteroatoms. The van der Waals surface area contributed by atoms with E-state index in [0.29, 0.717) is 18.0 Å². The minimum atomic E-state index is -0.0583. The van der Waals surface area contributed by atoms with Gasteiger partial charge in [0.1, 0.15) is 0 Å². The normalized spacial score (nSPS) is 12.2. The van der Waals surface area contributed by atoms with Crippen molar-refractivity contribution in [3.8, 4) is 0 Å². The van der Waals surface area contributed by atoms with Crippen molar-refractivity contribution < 1.29 is 9.90 Å². The van der Waals surface area contributed by atoms with Crippen LogP contribution in [0, 0.1) is 9.49 Å². The standard InChI is InChI=1S/C13H17BrINO2/c1-2-9(5-6-17)8-16-13(18)11-7-10(14)3-4-12(11)15/h3-4,7,9,17H,2,5-6,8H2,1H3,(H,16,18). The topological polar surface area (TPSA) is 49.3 Å². The fraction of sp³-hybridized carbons (Fsp3) is 0.462. The zero-order valence-electron chi connectivity index (χ0n) is 10.2. The van der Waals surface area contributed by atoms with Crippen LogP contribution >= 0.6 is 38.5 Å². The lowest BCUT2D eigenvalue weighted by Gasteiger charge is -2.14. The van der Waals surface area contributed by atoms with Crippen molar-refractivity contribution in [2.45, 2.75) is 19.8 Å². The Kier molecular flexibility index (Phi) is 7.18. The van der Waals surface area contributed by atoms with E-state index < -0.39 is 0 Å². The molecule has 1 amide bonds. The number of hydrogen-bond acceptors (Lipinski definition) is 2. The number of aliphatic hydroxyl groups excluding tert-OH is 1. The molecule has 0 radical (unpaired) electrons. The molecule has 1 unspecified atom stereocenters. The average molecular weight is 426 g/mol. The summed E-state index contributed by atoms with van der Waals surface area (Å²) in [4.78, 5) is 12.0. The Morgan fingerprint density at radius 2 is 2.28 bits per heavy atom. The number of nitrogens with one attached hydrogen (secondary N) is 1. The Labute approximate surface area is 130 Å². The van der Waals surface area contributed by atoms with E-state index >= 15 is 0 Å². The third kappa shape index (κ3) is 4.85. The molecule has 0 saturated carbocycles. The molecule has 0 aliphatic heterocycles. The third-order valence-corrected chi connectivity index (χ3v) is 4.27. The maximum atomic E-state index is 12.0. The van der Waals surface area contributed by atoms with Crippen LogP contribution in [0.4, 0.5) is 0 Å². The zero-order valence-corrected chi connectivity index (χ0v) is 14.0. The highest BCUT2D eigenvalue weighted by Crippen LogP contribution is 2.18. The van der Waals surface area contributed by atoms with Gasteiger partial charge >= 0.3 is 0 Å². The molecule has 1 aromatic carbocycles. The predicted molar refractivity (Wildman–Crippen MR) is 84.7 cm³/mol. The average Bonchev–Trinajstić information content (AvgIpc) is 2.37.